The number of carbonyl (C=O) groups is 2. The molecule has 0 spiro atoms. The molecule has 16 heavy (non-hydrogen) atoms. The van der Waals surface area contributed by atoms with Crippen molar-refractivity contribution in [2.75, 3.05) is 0 Å². The number of aliphatic carboxylic acids is 1. The lowest BCUT2D eigenvalue weighted by atomic mass is 9.59. The first-order chi connectivity index (χ1) is 6.81. The standard InChI is InChI=1S/C13H24O3/c1-11(2,3)8-13(7,12(4,5)6)9(14)10(15)16/h8H2,1-7H3,(H,15,16). The van der Waals surface area contributed by atoms with Gasteiger partial charge in [0, 0.05) is 5.41 Å². The van der Waals surface area contributed by atoms with E-state index in [4.69, 9.17) is 5.11 Å². The van der Waals surface area contributed by atoms with E-state index in [2.05, 4.69) is 0 Å². The highest BCUT2D eigenvalue weighted by molar-refractivity contribution is 6.35. The molecule has 0 fully saturated rings. The third kappa shape index (κ3) is 3.32. The zero-order chi connectivity index (χ0) is 13.4. The molecule has 94 valence electrons. The van der Waals surface area contributed by atoms with Gasteiger partial charge in [0.1, 0.15) is 0 Å². The van der Waals surface area contributed by atoms with Crippen LogP contribution in [0.25, 0.3) is 0 Å². The molecule has 0 amide bonds. The van der Waals surface area contributed by atoms with Gasteiger partial charge in [-0.1, -0.05) is 48.5 Å². The molecule has 0 saturated heterocycles. The summed E-state index contributed by atoms with van der Waals surface area (Å²) >= 11 is 0. The molecule has 0 heterocycles. The normalized spacial score (nSPS) is 16.7. The first-order valence-corrected chi connectivity index (χ1v) is 5.59. The number of Topliss-reactive ketones (excluding diaryl/α,β-unsaturated/α-hetero) is 1. The molecule has 3 heteroatoms. The van der Waals surface area contributed by atoms with Crippen LogP contribution < -0.4 is 0 Å². The lowest BCUT2D eigenvalue weighted by Gasteiger charge is -2.43. The van der Waals surface area contributed by atoms with E-state index in [9.17, 15) is 9.59 Å². The van der Waals surface area contributed by atoms with Gasteiger partial charge in [-0.3, -0.25) is 4.79 Å². The number of hydrogen-bond acceptors (Lipinski definition) is 2. The van der Waals surface area contributed by atoms with E-state index in [1.807, 2.05) is 41.5 Å². The van der Waals surface area contributed by atoms with Crippen LogP contribution in [0.2, 0.25) is 0 Å². The Morgan fingerprint density at radius 2 is 1.31 bits per heavy atom. The van der Waals surface area contributed by atoms with Crippen LogP contribution in [0.4, 0.5) is 0 Å². The average molecular weight is 228 g/mol. The predicted octanol–water partition coefficient (Wildman–Crippen LogP) is 3.13. The number of carboxylic acid groups (broad SMARTS) is 1. The second-order valence-electron chi connectivity index (χ2n) is 6.95. The number of rotatable bonds is 3. The fourth-order valence-electron chi connectivity index (χ4n) is 1.98. The lowest BCUT2D eigenvalue weighted by molar-refractivity contribution is -0.158. The topological polar surface area (TPSA) is 54.4 Å². The van der Waals surface area contributed by atoms with E-state index < -0.39 is 17.2 Å². The Kier molecular flexibility index (Phi) is 3.96. The molecule has 0 aromatic rings. The summed E-state index contributed by atoms with van der Waals surface area (Å²) < 4.78 is 0. The minimum Gasteiger partial charge on any atom is -0.475 e. The summed E-state index contributed by atoms with van der Waals surface area (Å²) in [4.78, 5) is 22.8. The van der Waals surface area contributed by atoms with Gasteiger partial charge >= 0.3 is 5.97 Å². The van der Waals surface area contributed by atoms with Gasteiger partial charge in [-0.2, -0.15) is 0 Å². The summed E-state index contributed by atoms with van der Waals surface area (Å²) in [5.74, 6) is -2.02. The molecular weight excluding hydrogens is 204 g/mol. The predicted molar refractivity (Wildman–Crippen MR) is 64.3 cm³/mol. The van der Waals surface area contributed by atoms with Gasteiger partial charge in [-0.25, -0.2) is 4.79 Å². The lowest BCUT2D eigenvalue weighted by Crippen LogP contribution is -2.46. The van der Waals surface area contributed by atoms with E-state index in [1.165, 1.54) is 0 Å². The summed E-state index contributed by atoms with van der Waals surface area (Å²) in [6.07, 6.45) is 0.564. The highest BCUT2D eigenvalue weighted by Gasteiger charge is 2.48. The molecule has 0 saturated carbocycles. The molecule has 0 bridgehead atoms. The first kappa shape index (κ1) is 15.1. The largest absolute Gasteiger partial charge is 0.475 e. The SMILES string of the molecule is CC(C)(C)CC(C)(C(=O)C(=O)O)C(C)(C)C. The first-order valence-electron chi connectivity index (χ1n) is 5.59. The third-order valence-electron chi connectivity index (χ3n) is 3.23. The second-order valence-corrected chi connectivity index (χ2v) is 6.95. The quantitative estimate of drug-likeness (QED) is 0.755. The maximum Gasteiger partial charge on any atom is 0.372 e. The summed E-state index contributed by atoms with van der Waals surface area (Å²) in [5, 5.41) is 8.93. The van der Waals surface area contributed by atoms with E-state index in [0.717, 1.165) is 0 Å². The minimum atomic E-state index is -1.33. The Hall–Kier alpha value is -0.860. The number of carboxylic acids is 1. The molecule has 1 unspecified atom stereocenters. The van der Waals surface area contributed by atoms with Crippen LogP contribution in [-0.2, 0) is 9.59 Å². The molecule has 0 radical (unpaired) electrons. The van der Waals surface area contributed by atoms with Gasteiger partial charge in [0.15, 0.2) is 0 Å². The van der Waals surface area contributed by atoms with Gasteiger partial charge < -0.3 is 5.11 Å². The highest BCUT2D eigenvalue weighted by atomic mass is 16.4. The maximum atomic E-state index is 11.9. The third-order valence-corrected chi connectivity index (χ3v) is 3.23. The van der Waals surface area contributed by atoms with Crippen molar-refractivity contribution in [2.45, 2.75) is 54.9 Å². The second kappa shape index (κ2) is 4.19. The fourth-order valence-corrected chi connectivity index (χ4v) is 1.98. The summed E-state index contributed by atoms with van der Waals surface area (Å²) in [5.41, 5.74) is -1.28. The van der Waals surface area contributed by atoms with Crippen molar-refractivity contribution in [3.8, 4) is 0 Å². The maximum absolute atomic E-state index is 11.9. The van der Waals surface area contributed by atoms with E-state index in [-0.39, 0.29) is 10.8 Å². The van der Waals surface area contributed by atoms with Crippen molar-refractivity contribution >= 4 is 11.8 Å². The van der Waals surface area contributed by atoms with Gasteiger partial charge in [-0.05, 0) is 17.3 Å². The molecule has 0 aliphatic carbocycles. The Labute approximate surface area is 98.2 Å². The van der Waals surface area contributed by atoms with Crippen LogP contribution in [0.5, 0.6) is 0 Å². The van der Waals surface area contributed by atoms with Crippen LogP contribution in [-0.4, -0.2) is 16.9 Å². The van der Waals surface area contributed by atoms with Gasteiger partial charge in [-0.15, -0.1) is 0 Å². The number of hydrogen-bond donors (Lipinski definition) is 1. The highest BCUT2D eigenvalue weighted by Crippen LogP contribution is 2.47. The number of ketones is 1. The molecule has 0 rings (SSSR count). The zero-order valence-electron chi connectivity index (χ0n) is 11.5. The average Bonchev–Trinajstić information content (AvgIpc) is 1.97. The molecule has 1 atom stereocenters. The van der Waals surface area contributed by atoms with E-state index >= 15 is 0 Å². The summed E-state index contributed by atoms with van der Waals surface area (Å²) in [6, 6.07) is 0. The van der Waals surface area contributed by atoms with Gasteiger partial charge in [0.05, 0.1) is 0 Å². The van der Waals surface area contributed by atoms with Crippen molar-refractivity contribution in [1.82, 2.24) is 0 Å². The summed E-state index contributed by atoms with van der Waals surface area (Å²) in [7, 11) is 0. The van der Waals surface area contributed by atoms with Crippen LogP contribution >= 0.6 is 0 Å². The van der Waals surface area contributed by atoms with Crippen molar-refractivity contribution < 1.29 is 14.7 Å². The van der Waals surface area contributed by atoms with E-state index in [1.54, 1.807) is 6.92 Å². The van der Waals surface area contributed by atoms with Crippen LogP contribution in [0, 0.1) is 16.2 Å². The van der Waals surface area contributed by atoms with Gasteiger partial charge in [0.2, 0.25) is 5.78 Å². The Balaban J connectivity index is 5.39. The molecule has 1 N–H and O–H groups in total. The molecule has 3 nitrogen and oxygen atoms in total. The van der Waals surface area contributed by atoms with Crippen molar-refractivity contribution in [2.24, 2.45) is 16.2 Å². The van der Waals surface area contributed by atoms with Crippen LogP contribution in [0.1, 0.15) is 54.9 Å². The van der Waals surface area contributed by atoms with Gasteiger partial charge in [0.25, 0.3) is 0 Å². The Morgan fingerprint density at radius 3 is 1.50 bits per heavy atom. The molecular formula is C13H24O3. The summed E-state index contributed by atoms with van der Waals surface area (Å²) in [6.45, 7) is 13.6. The Morgan fingerprint density at radius 1 is 0.938 bits per heavy atom. The molecule has 0 aliphatic heterocycles. The Bertz CT molecular complexity index is 291. The van der Waals surface area contributed by atoms with E-state index in [0.29, 0.717) is 6.42 Å². The fraction of sp³-hybridized carbons (Fsp3) is 0.846. The van der Waals surface area contributed by atoms with Crippen LogP contribution in [0.15, 0.2) is 0 Å². The monoisotopic (exact) mass is 228 g/mol. The zero-order valence-corrected chi connectivity index (χ0v) is 11.5. The molecule has 0 aromatic heterocycles. The minimum absolute atomic E-state index is 0.0762. The molecule has 0 aliphatic rings. The van der Waals surface area contributed by atoms with Crippen molar-refractivity contribution in [3.05, 3.63) is 0 Å². The number of carbonyl (C=O) groups excluding carboxylic acids is 1. The smallest absolute Gasteiger partial charge is 0.372 e. The van der Waals surface area contributed by atoms with Crippen molar-refractivity contribution in [3.63, 3.8) is 0 Å². The van der Waals surface area contributed by atoms with Crippen LogP contribution in [0.3, 0.4) is 0 Å². The molecule has 0 aromatic carbocycles. The van der Waals surface area contributed by atoms with Crippen molar-refractivity contribution in [1.29, 1.82) is 0 Å².